The number of rotatable bonds is 5. The van der Waals surface area contributed by atoms with Crippen LogP contribution in [0.4, 0.5) is 0 Å². The van der Waals surface area contributed by atoms with Crippen LogP contribution in [0.15, 0.2) is 34.5 Å². The van der Waals surface area contributed by atoms with Crippen molar-refractivity contribution in [3.05, 3.63) is 45.9 Å². The minimum Gasteiger partial charge on any atom is -0.349 e. The number of nitrogens with zero attached hydrogens (tertiary/aromatic N) is 1. The number of piperidine rings is 1. The zero-order valence-corrected chi connectivity index (χ0v) is 18.1. The first kappa shape index (κ1) is 23.2. The topological polar surface area (TPSA) is 54.0 Å². The maximum atomic E-state index is 12.7. The number of hydrogen-bond acceptors (Lipinski definition) is 5. The molecule has 2 unspecified atom stereocenters. The molecule has 0 aliphatic carbocycles. The number of aryl methyl sites for hydroxylation is 1. The number of amides is 1. The van der Waals surface area contributed by atoms with E-state index in [9.17, 15) is 4.79 Å². The highest BCUT2D eigenvalue weighted by Crippen LogP contribution is 2.27. The summed E-state index contributed by atoms with van der Waals surface area (Å²) in [5, 5.41) is 9.75. The molecule has 144 valence electrons. The van der Waals surface area contributed by atoms with Crippen molar-refractivity contribution in [2.75, 3.05) is 13.1 Å². The van der Waals surface area contributed by atoms with E-state index in [1.807, 2.05) is 31.2 Å². The van der Waals surface area contributed by atoms with Crippen molar-refractivity contribution in [1.29, 1.82) is 0 Å². The van der Waals surface area contributed by atoms with E-state index in [2.05, 4.69) is 27.9 Å². The molecular weight excluding hydrogens is 409 g/mol. The summed E-state index contributed by atoms with van der Waals surface area (Å²) in [7, 11) is 0. The molecule has 0 bridgehead atoms. The average Bonchev–Trinajstić information content (AvgIpc) is 3.01. The normalized spacial score (nSPS) is 19.2. The molecule has 1 amide bonds. The number of aromatic nitrogens is 1. The van der Waals surface area contributed by atoms with Gasteiger partial charge in [0.25, 0.3) is 5.91 Å². The summed E-state index contributed by atoms with van der Waals surface area (Å²) in [4.78, 5) is 18.2. The monoisotopic (exact) mass is 433 g/mol. The molecule has 1 aromatic heterocycles. The summed E-state index contributed by atoms with van der Waals surface area (Å²) in [6.07, 6.45) is 0.986. The van der Waals surface area contributed by atoms with Gasteiger partial charge in [0.1, 0.15) is 0 Å². The summed E-state index contributed by atoms with van der Waals surface area (Å²) >= 11 is 3.34. The minimum atomic E-state index is 0. The van der Waals surface area contributed by atoms with Crippen LogP contribution in [0, 0.1) is 12.8 Å². The van der Waals surface area contributed by atoms with Crippen molar-refractivity contribution in [3.63, 3.8) is 0 Å². The van der Waals surface area contributed by atoms with Gasteiger partial charge in [-0.1, -0.05) is 19.1 Å². The average molecular weight is 434 g/mol. The smallest absolute Gasteiger partial charge is 0.252 e. The Morgan fingerprint density at radius 3 is 2.85 bits per heavy atom. The van der Waals surface area contributed by atoms with Gasteiger partial charge in [-0.15, -0.1) is 47.9 Å². The molecule has 26 heavy (non-hydrogen) atoms. The van der Waals surface area contributed by atoms with Crippen molar-refractivity contribution >= 4 is 53.8 Å². The Balaban J connectivity index is 0.00000169. The van der Waals surface area contributed by atoms with E-state index < -0.39 is 0 Å². The molecule has 1 aliphatic rings. The van der Waals surface area contributed by atoms with Crippen LogP contribution in [-0.4, -0.2) is 30.0 Å². The lowest BCUT2D eigenvalue weighted by Crippen LogP contribution is -2.48. The molecule has 1 saturated heterocycles. The Morgan fingerprint density at radius 2 is 2.15 bits per heavy atom. The van der Waals surface area contributed by atoms with E-state index in [-0.39, 0.29) is 36.8 Å². The Morgan fingerprint density at radius 1 is 1.38 bits per heavy atom. The van der Waals surface area contributed by atoms with Crippen LogP contribution in [0.1, 0.15) is 34.4 Å². The molecule has 8 heteroatoms. The number of thioether (sulfide) groups is 1. The highest BCUT2D eigenvalue weighted by molar-refractivity contribution is 7.98. The van der Waals surface area contributed by atoms with Crippen molar-refractivity contribution in [2.24, 2.45) is 5.92 Å². The molecule has 2 heterocycles. The molecule has 1 aliphatic heterocycles. The number of thiazole rings is 1. The third kappa shape index (κ3) is 6.13. The van der Waals surface area contributed by atoms with Crippen LogP contribution in [-0.2, 0) is 5.75 Å². The van der Waals surface area contributed by atoms with Crippen molar-refractivity contribution < 1.29 is 4.79 Å². The van der Waals surface area contributed by atoms with E-state index >= 15 is 0 Å². The second-order valence-corrected chi connectivity index (χ2v) is 8.27. The van der Waals surface area contributed by atoms with Gasteiger partial charge in [-0.2, -0.15) is 0 Å². The van der Waals surface area contributed by atoms with E-state index in [1.165, 1.54) is 0 Å². The van der Waals surface area contributed by atoms with Gasteiger partial charge in [-0.3, -0.25) is 4.79 Å². The third-order valence-electron chi connectivity index (χ3n) is 4.28. The predicted molar refractivity (Wildman–Crippen MR) is 115 cm³/mol. The van der Waals surface area contributed by atoms with Crippen LogP contribution in [0.3, 0.4) is 0 Å². The Hall–Kier alpha value is -0.790. The zero-order chi connectivity index (χ0) is 16.9. The quantitative estimate of drug-likeness (QED) is 0.689. The Labute approximate surface area is 175 Å². The molecular formula is C18H25Cl2N3OS2. The second-order valence-electron chi connectivity index (χ2n) is 6.19. The molecule has 3 rings (SSSR count). The van der Waals surface area contributed by atoms with Crippen LogP contribution in [0.5, 0.6) is 0 Å². The van der Waals surface area contributed by atoms with Gasteiger partial charge in [-0.05, 0) is 44.5 Å². The summed E-state index contributed by atoms with van der Waals surface area (Å²) in [6, 6.07) is 8.09. The van der Waals surface area contributed by atoms with Crippen LogP contribution in [0.25, 0.3) is 0 Å². The Kier molecular flexibility index (Phi) is 9.97. The number of carbonyl (C=O) groups is 1. The maximum Gasteiger partial charge on any atom is 0.252 e. The van der Waals surface area contributed by atoms with E-state index in [1.54, 1.807) is 23.1 Å². The maximum absolute atomic E-state index is 12.7. The van der Waals surface area contributed by atoms with Gasteiger partial charge in [0.05, 0.1) is 16.3 Å². The van der Waals surface area contributed by atoms with Gasteiger partial charge in [0.2, 0.25) is 0 Å². The standard InChI is InChI=1S/C18H23N3OS2.2ClH/c1-12-9-19-8-7-16(12)21-18(22)15-5-3-4-6-17(15)24-11-14-10-23-13(2)20-14;;/h3-6,10,12,16,19H,7-9,11H2,1-2H3,(H,21,22);2*1H. The van der Waals surface area contributed by atoms with Crippen molar-refractivity contribution in [2.45, 2.75) is 37.0 Å². The predicted octanol–water partition coefficient (Wildman–Crippen LogP) is 4.32. The molecule has 0 spiro atoms. The molecule has 2 aromatic rings. The van der Waals surface area contributed by atoms with Gasteiger partial charge in [0, 0.05) is 22.1 Å². The third-order valence-corrected chi connectivity index (χ3v) is 6.21. The van der Waals surface area contributed by atoms with E-state index in [0.717, 1.165) is 46.4 Å². The number of halogens is 2. The van der Waals surface area contributed by atoms with E-state index in [4.69, 9.17) is 0 Å². The lowest BCUT2D eigenvalue weighted by atomic mass is 9.95. The molecule has 1 fully saturated rings. The SMILES string of the molecule is Cc1nc(CSc2ccccc2C(=O)NC2CCNCC2C)cs1.Cl.Cl. The first-order valence-electron chi connectivity index (χ1n) is 8.28. The highest BCUT2D eigenvalue weighted by atomic mass is 35.5. The lowest BCUT2D eigenvalue weighted by Gasteiger charge is -2.30. The molecule has 0 radical (unpaired) electrons. The molecule has 2 atom stereocenters. The fraction of sp³-hybridized carbons (Fsp3) is 0.444. The van der Waals surface area contributed by atoms with Gasteiger partial charge in [0.15, 0.2) is 0 Å². The van der Waals surface area contributed by atoms with Gasteiger partial charge < -0.3 is 10.6 Å². The molecule has 2 N–H and O–H groups in total. The van der Waals surface area contributed by atoms with Crippen LogP contribution in [0.2, 0.25) is 0 Å². The van der Waals surface area contributed by atoms with Crippen molar-refractivity contribution in [3.8, 4) is 0 Å². The molecule has 0 saturated carbocycles. The number of nitrogens with one attached hydrogen (secondary N) is 2. The lowest BCUT2D eigenvalue weighted by molar-refractivity contribution is 0.0911. The van der Waals surface area contributed by atoms with Gasteiger partial charge >= 0.3 is 0 Å². The number of benzene rings is 1. The minimum absolute atomic E-state index is 0. The zero-order valence-electron chi connectivity index (χ0n) is 14.9. The second kappa shape index (κ2) is 11.1. The summed E-state index contributed by atoms with van der Waals surface area (Å²) < 4.78 is 0. The largest absolute Gasteiger partial charge is 0.349 e. The fourth-order valence-corrected chi connectivity index (χ4v) is 4.54. The van der Waals surface area contributed by atoms with Gasteiger partial charge in [-0.25, -0.2) is 4.98 Å². The summed E-state index contributed by atoms with van der Waals surface area (Å²) in [5.41, 5.74) is 1.84. The fourth-order valence-electron chi connectivity index (χ4n) is 2.88. The Bertz CT molecular complexity index is 711. The summed E-state index contributed by atoms with van der Waals surface area (Å²) in [6.45, 7) is 6.13. The summed E-state index contributed by atoms with van der Waals surface area (Å²) in [5.74, 6) is 1.28. The molecule has 4 nitrogen and oxygen atoms in total. The van der Waals surface area contributed by atoms with Crippen LogP contribution < -0.4 is 10.6 Å². The number of carbonyl (C=O) groups excluding carboxylic acids is 1. The molecule has 1 aromatic carbocycles. The van der Waals surface area contributed by atoms with Crippen LogP contribution >= 0.6 is 47.9 Å². The highest BCUT2D eigenvalue weighted by Gasteiger charge is 2.24. The first-order valence-corrected chi connectivity index (χ1v) is 10.1. The van der Waals surface area contributed by atoms with Crippen molar-refractivity contribution in [1.82, 2.24) is 15.6 Å². The first-order chi connectivity index (χ1) is 11.6. The van der Waals surface area contributed by atoms with E-state index in [0.29, 0.717) is 5.92 Å². The number of hydrogen-bond donors (Lipinski definition) is 2.